The summed E-state index contributed by atoms with van der Waals surface area (Å²) < 4.78 is 10.8. The SMILES string of the molecule is CCCCCC(=O)N(Cc1ccccc1)Cc1ccc2c(c1)OCO2. The van der Waals surface area contributed by atoms with E-state index in [0.29, 0.717) is 19.5 Å². The third kappa shape index (κ3) is 4.75. The molecular weight excluding hydrogens is 314 g/mol. The molecule has 132 valence electrons. The first kappa shape index (κ1) is 17.3. The van der Waals surface area contributed by atoms with Crippen LogP contribution < -0.4 is 9.47 Å². The van der Waals surface area contributed by atoms with Crippen molar-refractivity contribution >= 4 is 5.91 Å². The highest BCUT2D eigenvalue weighted by molar-refractivity contribution is 5.76. The van der Waals surface area contributed by atoms with Crippen LogP contribution in [0.25, 0.3) is 0 Å². The minimum atomic E-state index is 0.204. The molecule has 0 saturated heterocycles. The van der Waals surface area contributed by atoms with E-state index in [4.69, 9.17) is 9.47 Å². The summed E-state index contributed by atoms with van der Waals surface area (Å²) in [4.78, 5) is 14.7. The van der Waals surface area contributed by atoms with Gasteiger partial charge < -0.3 is 14.4 Å². The zero-order valence-electron chi connectivity index (χ0n) is 14.7. The molecule has 0 N–H and O–H groups in total. The highest BCUT2D eigenvalue weighted by atomic mass is 16.7. The lowest BCUT2D eigenvalue weighted by atomic mass is 10.1. The van der Waals surface area contributed by atoms with Gasteiger partial charge in [-0.2, -0.15) is 0 Å². The normalized spacial score (nSPS) is 12.2. The second-order valence-corrected chi connectivity index (χ2v) is 6.38. The Labute approximate surface area is 149 Å². The topological polar surface area (TPSA) is 38.8 Å². The van der Waals surface area contributed by atoms with Gasteiger partial charge in [-0.1, -0.05) is 56.2 Å². The largest absolute Gasteiger partial charge is 0.454 e. The predicted octanol–water partition coefficient (Wildman–Crippen LogP) is 4.52. The number of unbranched alkanes of at least 4 members (excludes halogenated alkanes) is 2. The molecule has 0 unspecified atom stereocenters. The van der Waals surface area contributed by atoms with Crippen molar-refractivity contribution in [2.45, 2.75) is 45.7 Å². The van der Waals surface area contributed by atoms with Gasteiger partial charge in [-0.25, -0.2) is 0 Å². The van der Waals surface area contributed by atoms with Crippen molar-refractivity contribution in [2.75, 3.05) is 6.79 Å². The average Bonchev–Trinajstić information content (AvgIpc) is 3.10. The van der Waals surface area contributed by atoms with Crippen LogP contribution in [-0.4, -0.2) is 17.6 Å². The summed E-state index contributed by atoms with van der Waals surface area (Å²) in [5, 5.41) is 0. The van der Waals surface area contributed by atoms with Gasteiger partial charge in [0.2, 0.25) is 12.7 Å². The molecule has 2 aromatic carbocycles. The minimum absolute atomic E-state index is 0.204. The maximum Gasteiger partial charge on any atom is 0.231 e. The van der Waals surface area contributed by atoms with E-state index in [9.17, 15) is 4.79 Å². The number of ether oxygens (including phenoxy) is 2. The van der Waals surface area contributed by atoms with Gasteiger partial charge in [0.15, 0.2) is 11.5 Å². The minimum Gasteiger partial charge on any atom is -0.454 e. The van der Waals surface area contributed by atoms with Crippen LogP contribution in [-0.2, 0) is 17.9 Å². The molecule has 1 heterocycles. The smallest absolute Gasteiger partial charge is 0.231 e. The lowest BCUT2D eigenvalue weighted by Gasteiger charge is -2.23. The fraction of sp³-hybridized carbons (Fsp3) is 0.381. The Kier molecular flexibility index (Phi) is 5.94. The van der Waals surface area contributed by atoms with Crippen molar-refractivity contribution in [3.63, 3.8) is 0 Å². The molecule has 1 aliphatic heterocycles. The predicted molar refractivity (Wildman–Crippen MR) is 97.4 cm³/mol. The number of nitrogens with zero attached hydrogens (tertiary/aromatic N) is 1. The molecule has 1 aliphatic rings. The molecule has 4 heteroatoms. The molecular formula is C21H25NO3. The molecule has 4 nitrogen and oxygen atoms in total. The summed E-state index contributed by atoms with van der Waals surface area (Å²) in [5.74, 6) is 1.73. The molecule has 0 radical (unpaired) electrons. The number of carbonyl (C=O) groups is 1. The van der Waals surface area contributed by atoms with Crippen LogP contribution in [0.15, 0.2) is 48.5 Å². The first-order valence-electron chi connectivity index (χ1n) is 8.96. The van der Waals surface area contributed by atoms with Gasteiger partial charge in [-0.05, 0) is 29.7 Å². The maximum absolute atomic E-state index is 12.7. The fourth-order valence-electron chi connectivity index (χ4n) is 2.98. The van der Waals surface area contributed by atoms with E-state index in [2.05, 4.69) is 19.1 Å². The van der Waals surface area contributed by atoms with Crippen molar-refractivity contribution in [1.29, 1.82) is 0 Å². The number of hydrogen-bond acceptors (Lipinski definition) is 3. The zero-order valence-corrected chi connectivity index (χ0v) is 14.7. The maximum atomic E-state index is 12.7. The molecule has 25 heavy (non-hydrogen) atoms. The van der Waals surface area contributed by atoms with Crippen LogP contribution in [0.5, 0.6) is 11.5 Å². The number of benzene rings is 2. The molecule has 0 bridgehead atoms. The van der Waals surface area contributed by atoms with Crippen molar-refractivity contribution in [3.05, 3.63) is 59.7 Å². The van der Waals surface area contributed by atoms with Gasteiger partial charge in [-0.15, -0.1) is 0 Å². The monoisotopic (exact) mass is 339 g/mol. The lowest BCUT2D eigenvalue weighted by molar-refractivity contribution is -0.132. The van der Waals surface area contributed by atoms with Crippen LogP contribution in [0, 0.1) is 0 Å². The molecule has 0 fully saturated rings. The second kappa shape index (κ2) is 8.56. The van der Waals surface area contributed by atoms with E-state index in [1.165, 1.54) is 0 Å². The summed E-state index contributed by atoms with van der Waals surface area (Å²) in [6.45, 7) is 3.62. The highest BCUT2D eigenvalue weighted by Gasteiger charge is 2.17. The quantitative estimate of drug-likeness (QED) is 0.664. The van der Waals surface area contributed by atoms with Crippen LogP contribution in [0.4, 0.5) is 0 Å². The first-order chi connectivity index (χ1) is 12.3. The van der Waals surface area contributed by atoms with Gasteiger partial charge in [0, 0.05) is 19.5 Å². The fourth-order valence-corrected chi connectivity index (χ4v) is 2.98. The van der Waals surface area contributed by atoms with Gasteiger partial charge in [0.25, 0.3) is 0 Å². The number of fused-ring (bicyclic) bond motifs is 1. The van der Waals surface area contributed by atoms with Crippen LogP contribution in [0.3, 0.4) is 0 Å². The summed E-state index contributed by atoms with van der Waals surface area (Å²) >= 11 is 0. The number of rotatable bonds is 8. The Bertz CT molecular complexity index is 700. The summed E-state index contributed by atoms with van der Waals surface area (Å²) in [6, 6.07) is 16.0. The standard InChI is InChI=1S/C21H25NO3/c1-2-3-5-10-21(23)22(14-17-8-6-4-7-9-17)15-18-11-12-19-20(13-18)25-16-24-19/h4,6-9,11-13H,2-3,5,10,14-16H2,1H3. The third-order valence-electron chi connectivity index (χ3n) is 4.37. The van der Waals surface area contributed by atoms with Crippen molar-refractivity contribution < 1.29 is 14.3 Å². The van der Waals surface area contributed by atoms with Gasteiger partial charge in [0.1, 0.15) is 0 Å². The van der Waals surface area contributed by atoms with E-state index >= 15 is 0 Å². The Morgan fingerprint density at radius 2 is 1.72 bits per heavy atom. The number of carbonyl (C=O) groups excluding carboxylic acids is 1. The third-order valence-corrected chi connectivity index (χ3v) is 4.37. The summed E-state index contributed by atoms with van der Waals surface area (Å²) in [6.07, 6.45) is 3.76. The van der Waals surface area contributed by atoms with E-state index in [1.54, 1.807) is 0 Å². The lowest BCUT2D eigenvalue weighted by Crippen LogP contribution is -2.29. The average molecular weight is 339 g/mol. The molecule has 0 saturated carbocycles. The van der Waals surface area contributed by atoms with Crippen molar-refractivity contribution in [2.24, 2.45) is 0 Å². The zero-order chi connectivity index (χ0) is 17.5. The Balaban J connectivity index is 1.72. The van der Waals surface area contributed by atoms with E-state index in [-0.39, 0.29) is 12.7 Å². The summed E-state index contributed by atoms with van der Waals surface area (Å²) in [5.41, 5.74) is 2.20. The first-order valence-corrected chi connectivity index (χ1v) is 8.96. The molecule has 0 spiro atoms. The van der Waals surface area contributed by atoms with Gasteiger partial charge in [0.05, 0.1) is 0 Å². The van der Waals surface area contributed by atoms with Crippen molar-refractivity contribution in [1.82, 2.24) is 4.90 Å². The van der Waals surface area contributed by atoms with Gasteiger partial charge in [-0.3, -0.25) is 4.79 Å². The van der Waals surface area contributed by atoms with Crippen molar-refractivity contribution in [3.8, 4) is 11.5 Å². The van der Waals surface area contributed by atoms with Crippen LogP contribution >= 0.6 is 0 Å². The molecule has 0 aliphatic carbocycles. The highest BCUT2D eigenvalue weighted by Crippen LogP contribution is 2.33. The van der Waals surface area contributed by atoms with E-state index in [1.807, 2.05) is 41.3 Å². The Morgan fingerprint density at radius 3 is 2.52 bits per heavy atom. The second-order valence-electron chi connectivity index (χ2n) is 6.38. The molecule has 0 atom stereocenters. The van der Waals surface area contributed by atoms with Crippen LogP contribution in [0.2, 0.25) is 0 Å². The van der Waals surface area contributed by atoms with E-state index < -0.39 is 0 Å². The summed E-state index contributed by atoms with van der Waals surface area (Å²) in [7, 11) is 0. The molecule has 2 aromatic rings. The molecule has 1 amide bonds. The Morgan fingerprint density at radius 1 is 0.960 bits per heavy atom. The number of amides is 1. The molecule has 0 aromatic heterocycles. The molecule has 3 rings (SSSR count). The Hall–Kier alpha value is -2.49. The van der Waals surface area contributed by atoms with Crippen LogP contribution in [0.1, 0.15) is 43.7 Å². The van der Waals surface area contributed by atoms with Gasteiger partial charge >= 0.3 is 0 Å². The number of hydrogen-bond donors (Lipinski definition) is 0. The van der Waals surface area contributed by atoms with E-state index in [0.717, 1.165) is 41.9 Å².